The summed E-state index contributed by atoms with van der Waals surface area (Å²) >= 11 is 5.99. The predicted molar refractivity (Wildman–Crippen MR) is 113 cm³/mol. The van der Waals surface area contributed by atoms with Crippen molar-refractivity contribution in [1.29, 1.82) is 0 Å². The summed E-state index contributed by atoms with van der Waals surface area (Å²) < 4.78 is 41.3. The van der Waals surface area contributed by atoms with Crippen LogP contribution in [0.1, 0.15) is 42.0 Å². The summed E-state index contributed by atoms with van der Waals surface area (Å²) in [6.07, 6.45) is 3.13. The van der Waals surface area contributed by atoms with Crippen LogP contribution >= 0.6 is 11.6 Å². The third-order valence-corrected chi connectivity index (χ3v) is 7.04. The molecule has 0 amide bonds. The molecule has 0 spiro atoms. The number of aliphatic carboxylic acids is 1. The van der Waals surface area contributed by atoms with Gasteiger partial charge >= 0.3 is 5.97 Å². The summed E-state index contributed by atoms with van der Waals surface area (Å²) in [5.41, 5.74) is 2.98. The highest BCUT2D eigenvalue weighted by Gasteiger charge is 2.32. The SMILES string of the molecule is CS(=O)(=O)c1cc(F)cc2c3c(n(Cc4ccc(Cl)cc4)c12)C(CC(=O)O)CCC3. The first-order chi connectivity index (χ1) is 14.1. The number of carbonyl (C=O) groups is 1. The average Bonchev–Trinajstić information content (AvgIpc) is 2.96. The zero-order valence-electron chi connectivity index (χ0n) is 16.4. The molecule has 5 nitrogen and oxygen atoms in total. The lowest BCUT2D eigenvalue weighted by Gasteiger charge is -2.25. The van der Waals surface area contributed by atoms with Crippen LogP contribution in [-0.4, -0.2) is 30.3 Å². The maximum atomic E-state index is 14.4. The van der Waals surface area contributed by atoms with Gasteiger partial charge in [0.1, 0.15) is 5.82 Å². The Balaban J connectivity index is 2.05. The fourth-order valence-electron chi connectivity index (χ4n) is 4.52. The van der Waals surface area contributed by atoms with E-state index < -0.39 is 21.6 Å². The first-order valence-electron chi connectivity index (χ1n) is 9.66. The molecule has 1 N–H and O–H groups in total. The quantitative estimate of drug-likeness (QED) is 0.608. The van der Waals surface area contributed by atoms with E-state index in [2.05, 4.69) is 0 Å². The topological polar surface area (TPSA) is 76.4 Å². The van der Waals surface area contributed by atoms with Crippen molar-refractivity contribution in [3.8, 4) is 0 Å². The van der Waals surface area contributed by atoms with E-state index in [1.807, 2.05) is 16.7 Å². The van der Waals surface area contributed by atoms with E-state index in [0.717, 1.165) is 35.6 Å². The van der Waals surface area contributed by atoms with E-state index in [1.165, 1.54) is 6.07 Å². The molecule has 0 radical (unpaired) electrons. The number of carboxylic acid groups (broad SMARTS) is 1. The lowest BCUT2D eigenvalue weighted by atomic mass is 9.84. The van der Waals surface area contributed by atoms with Crippen molar-refractivity contribution in [3.05, 3.63) is 64.1 Å². The van der Waals surface area contributed by atoms with Crippen LogP contribution in [0, 0.1) is 5.82 Å². The fourth-order valence-corrected chi connectivity index (χ4v) is 5.55. The van der Waals surface area contributed by atoms with Gasteiger partial charge in [-0.1, -0.05) is 23.7 Å². The second-order valence-electron chi connectivity index (χ2n) is 7.84. The number of hydrogen-bond acceptors (Lipinski definition) is 3. The molecule has 1 unspecified atom stereocenters. The Morgan fingerprint density at radius 3 is 2.60 bits per heavy atom. The van der Waals surface area contributed by atoms with Gasteiger partial charge in [0.2, 0.25) is 0 Å². The van der Waals surface area contributed by atoms with Crippen LogP contribution in [0.15, 0.2) is 41.3 Å². The molecule has 0 saturated carbocycles. The van der Waals surface area contributed by atoms with E-state index in [9.17, 15) is 22.7 Å². The lowest BCUT2D eigenvalue weighted by Crippen LogP contribution is -2.18. The lowest BCUT2D eigenvalue weighted by molar-refractivity contribution is -0.137. The van der Waals surface area contributed by atoms with Crippen LogP contribution in [0.2, 0.25) is 5.02 Å². The van der Waals surface area contributed by atoms with Crippen molar-refractivity contribution in [3.63, 3.8) is 0 Å². The Kier molecular flexibility index (Phi) is 5.36. The van der Waals surface area contributed by atoms with Gasteiger partial charge < -0.3 is 9.67 Å². The van der Waals surface area contributed by atoms with Crippen LogP contribution in [0.25, 0.3) is 10.9 Å². The number of rotatable bonds is 5. The largest absolute Gasteiger partial charge is 0.481 e. The van der Waals surface area contributed by atoms with E-state index >= 15 is 0 Å². The first kappa shape index (κ1) is 20.9. The predicted octanol–water partition coefficient (Wildman–Crippen LogP) is 4.78. The van der Waals surface area contributed by atoms with Crippen LogP contribution < -0.4 is 0 Å². The number of sulfone groups is 1. The standard InChI is InChI=1S/C22H21ClFNO4S/c1-30(28,29)19-11-16(24)10-18-17-4-2-3-14(9-20(26)27)21(17)25(22(18)19)12-13-5-7-15(23)8-6-13/h5-8,10-11,14H,2-4,9,12H2,1H3,(H,26,27). The highest BCUT2D eigenvalue weighted by Crippen LogP contribution is 2.42. The minimum atomic E-state index is -3.71. The van der Waals surface area contributed by atoms with Crippen molar-refractivity contribution in [2.24, 2.45) is 0 Å². The Hall–Kier alpha value is -2.38. The summed E-state index contributed by atoms with van der Waals surface area (Å²) in [4.78, 5) is 11.4. The third kappa shape index (κ3) is 3.84. The zero-order chi connectivity index (χ0) is 21.6. The molecular formula is C22H21ClFNO4S. The van der Waals surface area contributed by atoms with Crippen LogP contribution in [-0.2, 0) is 27.6 Å². The molecule has 0 aliphatic heterocycles. The van der Waals surface area contributed by atoms with Crippen molar-refractivity contribution < 1.29 is 22.7 Å². The number of aryl methyl sites for hydroxylation is 1. The molecule has 30 heavy (non-hydrogen) atoms. The van der Waals surface area contributed by atoms with Crippen molar-refractivity contribution in [1.82, 2.24) is 4.57 Å². The summed E-state index contributed by atoms with van der Waals surface area (Å²) in [6.45, 7) is 0.341. The number of hydrogen-bond donors (Lipinski definition) is 1. The molecule has 1 aliphatic rings. The maximum absolute atomic E-state index is 14.4. The van der Waals surface area contributed by atoms with Crippen molar-refractivity contribution in [2.45, 2.75) is 43.0 Å². The summed E-state index contributed by atoms with van der Waals surface area (Å²) in [5.74, 6) is -1.79. The van der Waals surface area contributed by atoms with E-state index in [0.29, 0.717) is 35.3 Å². The molecule has 0 saturated heterocycles. The van der Waals surface area contributed by atoms with E-state index in [4.69, 9.17) is 11.6 Å². The Morgan fingerprint density at radius 1 is 1.27 bits per heavy atom. The molecule has 0 fully saturated rings. The molecule has 1 heterocycles. The Labute approximate surface area is 179 Å². The molecule has 1 atom stereocenters. The number of aromatic nitrogens is 1. The molecule has 1 aromatic heterocycles. The van der Waals surface area contributed by atoms with Gasteiger partial charge in [-0.15, -0.1) is 0 Å². The molecule has 4 rings (SSSR count). The molecule has 1 aliphatic carbocycles. The van der Waals surface area contributed by atoms with Crippen LogP contribution in [0.4, 0.5) is 4.39 Å². The molecule has 158 valence electrons. The highest BCUT2D eigenvalue weighted by molar-refractivity contribution is 7.91. The van der Waals surface area contributed by atoms with Gasteiger partial charge in [0.05, 0.1) is 16.8 Å². The number of nitrogens with zero attached hydrogens (tertiary/aromatic N) is 1. The second kappa shape index (κ2) is 7.71. The molecule has 8 heteroatoms. The number of halogens is 2. The van der Waals surface area contributed by atoms with Gasteiger partial charge in [-0.25, -0.2) is 12.8 Å². The van der Waals surface area contributed by atoms with Gasteiger partial charge in [-0.3, -0.25) is 4.79 Å². The minimum absolute atomic E-state index is 0.0549. The van der Waals surface area contributed by atoms with Gasteiger partial charge in [0.25, 0.3) is 0 Å². The number of fused-ring (bicyclic) bond motifs is 3. The van der Waals surface area contributed by atoms with Gasteiger partial charge in [-0.05, 0) is 54.7 Å². The van der Waals surface area contributed by atoms with Crippen molar-refractivity contribution in [2.75, 3.05) is 6.26 Å². The fraction of sp³-hybridized carbons (Fsp3) is 0.318. The summed E-state index contributed by atoms with van der Waals surface area (Å²) in [7, 11) is -3.71. The number of carboxylic acids is 1. The average molecular weight is 450 g/mol. The zero-order valence-corrected chi connectivity index (χ0v) is 17.9. The first-order valence-corrected chi connectivity index (χ1v) is 11.9. The third-order valence-electron chi connectivity index (χ3n) is 5.68. The summed E-state index contributed by atoms with van der Waals surface area (Å²) in [6, 6.07) is 9.61. The Bertz CT molecular complexity index is 1250. The molecular weight excluding hydrogens is 429 g/mol. The van der Waals surface area contributed by atoms with Gasteiger partial charge in [-0.2, -0.15) is 0 Å². The van der Waals surface area contributed by atoms with E-state index in [1.54, 1.807) is 12.1 Å². The maximum Gasteiger partial charge on any atom is 0.304 e. The smallest absolute Gasteiger partial charge is 0.304 e. The van der Waals surface area contributed by atoms with Crippen LogP contribution in [0.5, 0.6) is 0 Å². The van der Waals surface area contributed by atoms with Crippen LogP contribution in [0.3, 0.4) is 0 Å². The normalized spacial score (nSPS) is 16.6. The minimum Gasteiger partial charge on any atom is -0.481 e. The van der Waals surface area contributed by atoms with E-state index in [-0.39, 0.29) is 17.2 Å². The summed E-state index contributed by atoms with van der Waals surface area (Å²) in [5, 5.41) is 10.6. The van der Waals surface area contributed by atoms with Crippen molar-refractivity contribution >= 4 is 38.3 Å². The molecule has 2 aromatic carbocycles. The monoisotopic (exact) mass is 449 g/mol. The highest BCUT2D eigenvalue weighted by atomic mass is 35.5. The van der Waals surface area contributed by atoms with Gasteiger partial charge in [0.15, 0.2) is 9.84 Å². The number of benzene rings is 2. The molecule has 3 aromatic rings. The second-order valence-corrected chi connectivity index (χ2v) is 10.3. The Morgan fingerprint density at radius 2 is 1.97 bits per heavy atom. The van der Waals surface area contributed by atoms with Gasteiger partial charge in [0, 0.05) is 34.8 Å². The molecule has 0 bridgehead atoms.